The zero-order valence-corrected chi connectivity index (χ0v) is 16.2. The molecule has 3 heterocycles. The lowest BCUT2D eigenvalue weighted by Gasteiger charge is -2.32. The largest absolute Gasteiger partial charge is 0.454 e. The van der Waals surface area contributed by atoms with Crippen LogP contribution in [0.5, 0.6) is 11.5 Å². The molecule has 0 spiro atoms. The normalized spacial score (nSPS) is 18.4. The van der Waals surface area contributed by atoms with Gasteiger partial charge in [-0.25, -0.2) is 4.98 Å². The molecule has 1 aromatic carbocycles. The lowest BCUT2D eigenvalue weighted by molar-refractivity contribution is 0.0718. The minimum absolute atomic E-state index is 0.00191. The number of aryl methyl sites for hydroxylation is 1. The SMILES string of the molecule is O=C(c1ccc2c(c1)OCO2)N1CCC(Nc2nc3c(c(=O)[nH]2)CCCC3)CC1. The van der Waals surface area contributed by atoms with Gasteiger partial charge < -0.3 is 19.7 Å². The fourth-order valence-electron chi connectivity index (χ4n) is 4.30. The molecule has 1 saturated heterocycles. The van der Waals surface area contributed by atoms with Gasteiger partial charge in [-0.3, -0.25) is 14.6 Å². The summed E-state index contributed by atoms with van der Waals surface area (Å²) in [5, 5.41) is 3.36. The van der Waals surface area contributed by atoms with Crippen molar-refractivity contribution in [2.75, 3.05) is 25.2 Å². The zero-order chi connectivity index (χ0) is 19.8. The second-order valence-corrected chi connectivity index (χ2v) is 7.83. The molecule has 5 rings (SSSR count). The summed E-state index contributed by atoms with van der Waals surface area (Å²) in [7, 11) is 0. The lowest BCUT2D eigenvalue weighted by Crippen LogP contribution is -2.42. The predicted octanol–water partition coefficient (Wildman–Crippen LogP) is 2.09. The number of anilines is 1. The van der Waals surface area contributed by atoms with Crippen molar-refractivity contribution in [3.8, 4) is 11.5 Å². The summed E-state index contributed by atoms with van der Waals surface area (Å²) in [6, 6.07) is 5.49. The van der Waals surface area contributed by atoms with E-state index in [9.17, 15) is 9.59 Å². The number of rotatable bonds is 3. The average Bonchev–Trinajstić information content (AvgIpc) is 3.22. The van der Waals surface area contributed by atoms with E-state index in [4.69, 9.17) is 9.47 Å². The summed E-state index contributed by atoms with van der Waals surface area (Å²) >= 11 is 0. The van der Waals surface area contributed by atoms with Crippen LogP contribution in [0.4, 0.5) is 5.95 Å². The van der Waals surface area contributed by atoms with E-state index < -0.39 is 0 Å². The Hall–Kier alpha value is -3.03. The molecular formula is C21H24N4O4. The van der Waals surface area contributed by atoms with E-state index in [1.807, 2.05) is 4.90 Å². The van der Waals surface area contributed by atoms with Crippen LogP contribution in [0, 0.1) is 0 Å². The standard InChI is InChI=1S/C21H24N4O4/c26-19-15-3-1-2-4-16(15)23-21(24-19)22-14-7-9-25(10-8-14)20(27)13-5-6-17-18(11-13)29-12-28-17/h5-6,11,14H,1-4,7-10,12H2,(H2,22,23,24,26). The molecule has 3 aliphatic rings. The lowest BCUT2D eigenvalue weighted by atomic mass is 9.97. The molecule has 1 aliphatic carbocycles. The number of nitrogens with zero attached hydrogens (tertiary/aromatic N) is 2. The van der Waals surface area contributed by atoms with Gasteiger partial charge in [0.2, 0.25) is 12.7 Å². The summed E-state index contributed by atoms with van der Waals surface area (Å²) < 4.78 is 10.7. The van der Waals surface area contributed by atoms with Crippen LogP contribution in [-0.4, -0.2) is 46.7 Å². The van der Waals surface area contributed by atoms with Crippen molar-refractivity contribution in [2.24, 2.45) is 0 Å². The molecule has 1 aromatic heterocycles. The van der Waals surface area contributed by atoms with Gasteiger partial charge in [0.05, 0.1) is 5.69 Å². The first-order valence-electron chi connectivity index (χ1n) is 10.2. The average molecular weight is 396 g/mol. The number of ether oxygens (including phenoxy) is 2. The van der Waals surface area contributed by atoms with Crippen LogP contribution < -0.4 is 20.3 Å². The summed E-state index contributed by atoms with van der Waals surface area (Å²) in [6.07, 6.45) is 5.44. The fourth-order valence-corrected chi connectivity index (χ4v) is 4.30. The van der Waals surface area contributed by atoms with E-state index in [1.165, 1.54) is 0 Å². The van der Waals surface area contributed by atoms with Crippen LogP contribution in [0.15, 0.2) is 23.0 Å². The highest BCUT2D eigenvalue weighted by atomic mass is 16.7. The topological polar surface area (TPSA) is 96.6 Å². The molecule has 0 bridgehead atoms. The van der Waals surface area contributed by atoms with Crippen molar-refractivity contribution in [1.29, 1.82) is 0 Å². The van der Waals surface area contributed by atoms with Crippen LogP contribution in [0.2, 0.25) is 0 Å². The van der Waals surface area contributed by atoms with Crippen LogP contribution in [0.25, 0.3) is 0 Å². The van der Waals surface area contributed by atoms with E-state index in [2.05, 4.69) is 15.3 Å². The quantitative estimate of drug-likeness (QED) is 0.825. The molecule has 0 radical (unpaired) electrons. The van der Waals surface area contributed by atoms with Crippen molar-refractivity contribution in [3.05, 3.63) is 45.4 Å². The molecule has 152 valence electrons. The van der Waals surface area contributed by atoms with Crippen LogP contribution in [0.1, 0.15) is 47.3 Å². The number of likely N-dealkylation sites (tertiary alicyclic amines) is 1. The highest BCUT2D eigenvalue weighted by Gasteiger charge is 2.26. The molecule has 2 N–H and O–H groups in total. The molecule has 8 nitrogen and oxygen atoms in total. The maximum absolute atomic E-state index is 12.8. The first-order valence-corrected chi connectivity index (χ1v) is 10.2. The van der Waals surface area contributed by atoms with Gasteiger partial charge in [0.25, 0.3) is 11.5 Å². The number of aromatic amines is 1. The van der Waals surface area contributed by atoms with Gasteiger partial charge in [0.15, 0.2) is 11.5 Å². The van der Waals surface area contributed by atoms with Gasteiger partial charge >= 0.3 is 0 Å². The van der Waals surface area contributed by atoms with Crippen LogP contribution in [0.3, 0.4) is 0 Å². The number of carbonyl (C=O) groups excluding carboxylic acids is 1. The molecule has 29 heavy (non-hydrogen) atoms. The van der Waals surface area contributed by atoms with Crippen LogP contribution >= 0.6 is 0 Å². The third-order valence-corrected chi connectivity index (χ3v) is 5.93. The van der Waals surface area contributed by atoms with E-state index in [0.29, 0.717) is 36.1 Å². The Kier molecular flexibility index (Phi) is 4.61. The van der Waals surface area contributed by atoms with Gasteiger partial charge in [-0.15, -0.1) is 0 Å². The monoisotopic (exact) mass is 396 g/mol. The van der Waals surface area contributed by atoms with E-state index >= 15 is 0 Å². The predicted molar refractivity (Wildman–Crippen MR) is 107 cm³/mol. The number of hydrogen-bond acceptors (Lipinski definition) is 6. The highest BCUT2D eigenvalue weighted by molar-refractivity contribution is 5.95. The minimum atomic E-state index is -0.0207. The van der Waals surface area contributed by atoms with Crippen molar-refractivity contribution in [3.63, 3.8) is 0 Å². The Bertz CT molecular complexity index is 995. The molecule has 2 aliphatic heterocycles. The molecular weight excluding hydrogens is 372 g/mol. The van der Waals surface area contributed by atoms with Gasteiger partial charge in [-0.1, -0.05) is 0 Å². The zero-order valence-electron chi connectivity index (χ0n) is 16.2. The Morgan fingerprint density at radius 3 is 2.79 bits per heavy atom. The molecule has 0 saturated carbocycles. The summed E-state index contributed by atoms with van der Waals surface area (Å²) in [5.41, 5.74) is 2.36. The van der Waals surface area contributed by atoms with Gasteiger partial charge in [-0.05, 0) is 56.7 Å². The molecule has 8 heteroatoms. The van der Waals surface area contributed by atoms with E-state index in [0.717, 1.165) is 49.8 Å². The fraction of sp³-hybridized carbons (Fsp3) is 0.476. The summed E-state index contributed by atoms with van der Waals surface area (Å²) in [6.45, 7) is 1.50. The third kappa shape index (κ3) is 3.54. The first-order chi connectivity index (χ1) is 14.2. The van der Waals surface area contributed by atoms with Gasteiger partial charge in [0, 0.05) is 30.3 Å². The first kappa shape index (κ1) is 18.0. The summed E-state index contributed by atoms with van der Waals surface area (Å²) in [4.78, 5) is 34.5. The number of piperidine rings is 1. The Morgan fingerprint density at radius 1 is 1.14 bits per heavy atom. The Labute approximate surface area is 168 Å². The minimum Gasteiger partial charge on any atom is -0.454 e. The van der Waals surface area contributed by atoms with Crippen molar-refractivity contribution < 1.29 is 14.3 Å². The Morgan fingerprint density at radius 2 is 1.93 bits per heavy atom. The number of H-pyrrole nitrogens is 1. The second kappa shape index (κ2) is 7.42. The van der Waals surface area contributed by atoms with Crippen molar-refractivity contribution in [2.45, 2.75) is 44.6 Å². The van der Waals surface area contributed by atoms with Crippen molar-refractivity contribution >= 4 is 11.9 Å². The highest BCUT2D eigenvalue weighted by Crippen LogP contribution is 2.33. The van der Waals surface area contributed by atoms with E-state index in [1.54, 1.807) is 18.2 Å². The third-order valence-electron chi connectivity index (χ3n) is 5.93. The van der Waals surface area contributed by atoms with E-state index in [-0.39, 0.29) is 24.3 Å². The number of hydrogen-bond donors (Lipinski definition) is 2. The molecule has 1 fully saturated rings. The second-order valence-electron chi connectivity index (χ2n) is 7.83. The molecule has 1 amide bonds. The van der Waals surface area contributed by atoms with Crippen LogP contribution in [-0.2, 0) is 12.8 Å². The number of benzene rings is 1. The number of nitrogens with one attached hydrogen (secondary N) is 2. The summed E-state index contributed by atoms with van der Waals surface area (Å²) in [5.74, 6) is 1.85. The number of amides is 1. The van der Waals surface area contributed by atoms with Gasteiger partial charge in [0.1, 0.15) is 0 Å². The molecule has 0 atom stereocenters. The molecule has 0 unspecified atom stereocenters. The number of fused-ring (bicyclic) bond motifs is 2. The molecule has 2 aromatic rings. The Balaban J connectivity index is 1.21. The maximum Gasteiger partial charge on any atom is 0.255 e. The number of aromatic nitrogens is 2. The smallest absolute Gasteiger partial charge is 0.255 e. The van der Waals surface area contributed by atoms with Crippen molar-refractivity contribution in [1.82, 2.24) is 14.9 Å². The van der Waals surface area contributed by atoms with Gasteiger partial charge in [-0.2, -0.15) is 0 Å². The number of carbonyl (C=O) groups is 1. The maximum atomic E-state index is 12.8.